The molecule has 1 saturated heterocycles. The molecule has 1 aliphatic heterocycles. The van der Waals surface area contributed by atoms with Gasteiger partial charge in [-0.05, 0) is 12.8 Å². The van der Waals surface area contributed by atoms with Crippen LogP contribution in [0.25, 0.3) is 0 Å². The van der Waals surface area contributed by atoms with Crippen molar-refractivity contribution in [3.8, 4) is 0 Å². The third-order valence-corrected chi connectivity index (χ3v) is 3.58. The van der Waals surface area contributed by atoms with Crippen molar-refractivity contribution in [1.82, 2.24) is 4.90 Å². The van der Waals surface area contributed by atoms with E-state index in [1.54, 1.807) is 6.04 Å². The second-order valence-corrected chi connectivity index (χ2v) is 4.60. The minimum absolute atomic E-state index is 1.32. The minimum atomic E-state index is 1.32. The van der Waals surface area contributed by atoms with Crippen LogP contribution >= 0.6 is 11.8 Å². The van der Waals surface area contributed by atoms with Gasteiger partial charge in [0.25, 0.3) is 0 Å². The third-order valence-electron chi connectivity index (χ3n) is 2.64. The van der Waals surface area contributed by atoms with Crippen molar-refractivity contribution in [3.63, 3.8) is 0 Å². The predicted octanol–water partition coefficient (Wildman–Crippen LogP) is 2.14. The molecule has 11 heavy (non-hydrogen) atoms. The van der Waals surface area contributed by atoms with Crippen molar-refractivity contribution in [2.45, 2.75) is 25.7 Å². The van der Waals surface area contributed by atoms with Crippen LogP contribution < -0.4 is 0 Å². The predicted molar refractivity (Wildman–Crippen MR) is 50.6 cm³/mol. The first-order valence-corrected chi connectivity index (χ1v) is 5.80. The molecule has 0 amide bonds. The van der Waals surface area contributed by atoms with Gasteiger partial charge in [0.15, 0.2) is 0 Å². The highest BCUT2D eigenvalue weighted by molar-refractivity contribution is 7.99. The van der Waals surface area contributed by atoms with Crippen molar-refractivity contribution in [2.75, 3.05) is 24.6 Å². The maximum Gasteiger partial charge on any atom is 0.0393 e. The number of nitrogens with zero attached hydrogens (tertiary/aromatic N) is 1. The number of hydrogen-bond donors (Lipinski definition) is 0. The summed E-state index contributed by atoms with van der Waals surface area (Å²) in [5.74, 6) is 2.70. The second kappa shape index (κ2) is 3.81. The van der Waals surface area contributed by atoms with Gasteiger partial charge >= 0.3 is 0 Å². The zero-order valence-electron chi connectivity index (χ0n) is 7.01. The summed E-state index contributed by atoms with van der Waals surface area (Å²) in [6, 6.07) is 1.75. The quantitative estimate of drug-likeness (QED) is 0.593. The molecule has 1 aliphatic carbocycles. The van der Waals surface area contributed by atoms with Crippen LogP contribution in [0, 0.1) is 6.04 Å². The second-order valence-electron chi connectivity index (χ2n) is 3.37. The zero-order chi connectivity index (χ0) is 7.52. The molecular formula is C9H16NS. The summed E-state index contributed by atoms with van der Waals surface area (Å²) >= 11 is 2.10. The van der Waals surface area contributed by atoms with Gasteiger partial charge in [0.2, 0.25) is 0 Å². The van der Waals surface area contributed by atoms with Gasteiger partial charge in [-0.15, -0.1) is 0 Å². The van der Waals surface area contributed by atoms with Crippen LogP contribution in [0.1, 0.15) is 25.7 Å². The van der Waals surface area contributed by atoms with Gasteiger partial charge in [-0.25, -0.2) is 0 Å². The summed E-state index contributed by atoms with van der Waals surface area (Å²) in [6.07, 6.45) is 5.67. The van der Waals surface area contributed by atoms with E-state index in [1.165, 1.54) is 50.3 Å². The lowest BCUT2D eigenvalue weighted by molar-refractivity contribution is 0.304. The lowest BCUT2D eigenvalue weighted by atomic mass is 10.2. The van der Waals surface area contributed by atoms with E-state index in [-0.39, 0.29) is 0 Å². The monoisotopic (exact) mass is 170 g/mol. The maximum absolute atomic E-state index is 2.63. The van der Waals surface area contributed by atoms with Crippen molar-refractivity contribution in [1.29, 1.82) is 0 Å². The van der Waals surface area contributed by atoms with Crippen LogP contribution in [-0.4, -0.2) is 29.5 Å². The normalized spacial score (nSPS) is 29.5. The first-order chi connectivity index (χ1) is 5.47. The topological polar surface area (TPSA) is 3.24 Å². The van der Waals surface area contributed by atoms with Crippen molar-refractivity contribution < 1.29 is 0 Å². The van der Waals surface area contributed by atoms with Gasteiger partial charge in [-0.2, -0.15) is 11.8 Å². The zero-order valence-corrected chi connectivity index (χ0v) is 7.83. The van der Waals surface area contributed by atoms with Crippen LogP contribution in [-0.2, 0) is 0 Å². The summed E-state index contributed by atoms with van der Waals surface area (Å²) in [7, 11) is 0. The fraction of sp³-hybridized carbons (Fsp3) is 0.889. The number of hydrogen-bond acceptors (Lipinski definition) is 2. The van der Waals surface area contributed by atoms with E-state index in [9.17, 15) is 0 Å². The highest BCUT2D eigenvalue weighted by atomic mass is 32.2. The van der Waals surface area contributed by atoms with Gasteiger partial charge < -0.3 is 0 Å². The Bertz CT molecular complexity index is 115. The molecule has 63 valence electrons. The lowest BCUT2D eigenvalue weighted by Crippen LogP contribution is -2.34. The van der Waals surface area contributed by atoms with Crippen molar-refractivity contribution in [2.24, 2.45) is 0 Å². The van der Waals surface area contributed by atoms with E-state index in [2.05, 4.69) is 16.7 Å². The van der Waals surface area contributed by atoms with Crippen LogP contribution in [0.5, 0.6) is 0 Å². The van der Waals surface area contributed by atoms with Gasteiger partial charge in [-0.3, -0.25) is 4.90 Å². The molecule has 0 bridgehead atoms. The smallest absolute Gasteiger partial charge is 0.0393 e. The molecule has 1 heterocycles. The SMILES string of the molecule is C1CC[C](N2CCSCC2)C1. The number of rotatable bonds is 1. The highest BCUT2D eigenvalue weighted by Crippen LogP contribution is 2.31. The molecule has 1 nitrogen and oxygen atoms in total. The lowest BCUT2D eigenvalue weighted by Gasteiger charge is -2.30. The van der Waals surface area contributed by atoms with E-state index >= 15 is 0 Å². The Morgan fingerprint density at radius 1 is 1.00 bits per heavy atom. The average Bonchev–Trinajstić information content (AvgIpc) is 2.58. The standard InChI is InChI=1S/C9H16NS/c1-2-4-9(3-1)10-5-7-11-8-6-10/h1-8H2. The first-order valence-electron chi connectivity index (χ1n) is 4.64. The Balaban J connectivity index is 1.82. The Hall–Kier alpha value is 0.310. The number of thioether (sulfide) groups is 1. The molecule has 2 fully saturated rings. The van der Waals surface area contributed by atoms with Crippen molar-refractivity contribution >= 4 is 11.8 Å². The molecule has 0 aromatic carbocycles. The van der Waals surface area contributed by atoms with Crippen molar-refractivity contribution in [3.05, 3.63) is 6.04 Å². The molecule has 0 unspecified atom stereocenters. The highest BCUT2D eigenvalue weighted by Gasteiger charge is 2.24. The molecule has 0 aromatic heterocycles. The van der Waals surface area contributed by atoms with Gasteiger partial charge in [0, 0.05) is 30.6 Å². The molecule has 2 rings (SSSR count). The first kappa shape index (κ1) is 7.93. The molecule has 0 N–H and O–H groups in total. The largest absolute Gasteiger partial charge is 0.294 e. The minimum Gasteiger partial charge on any atom is -0.294 e. The van der Waals surface area contributed by atoms with Gasteiger partial charge in [0.1, 0.15) is 0 Å². The molecule has 2 aliphatic rings. The van der Waals surface area contributed by atoms with E-state index in [0.717, 1.165) is 0 Å². The Morgan fingerprint density at radius 3 is 2.27 bits per heavy atom. The fourth-order valence-corrected chi connectivity index (χ4v) is 2.88. The van der Waals surface area contributed by atoms with E-state index in [0.29, 0.717) is 0 Å². The van der Waals surface area contributed by atoms with E-state index < -0.39 is 0 Å². The van der Waals surface area contributed by atoms with E-state index in [1.807, 2.05) is 0 Å². The summed E-state index contributed by atoms with van der Waals surface area (Å²) in [4.78, 5) is 2.63. The van der Waals surface area contributed by atoms with Gasteiger partial charge in [0.05, 0.1) is 0 Å². The fourth-order valence-electron chi connectivity index (χ4n) is 1.98. The molecule has 1 radical (unpaired) electrons. The van der Waals surface area contributed by atoms with Crippen LogP contribution in [0.15, 0.2) is 0 Å². The molecule has 2 heteroatoms. The third kappa shape index (κ3) is 1.91. The Kier molecular flexibility index (Phi) is 2.75. The summed E-state index contributed by atoms with van der Waals surface area (Å²) in [6.45, 7) is 2.64. The molecule has 0 spiro atoms. The van der Waals surface area contributed by atoms with E-state index in [4.69, 9.17) is 0 Å². The molecular weight excluding hydrogens is 154 g/mol. The Morgan fingerprint density at radius 2 is 1.64 bits per heavy atom. The average molecular weight is 170 g/mol. The summed E-state index contributed by atoms with van der Waals surface area (Å²) in [5, 5.41) is 0. The molecule has 0 aromatic rings. The summed E-state index contributed by atoms with van der Waals surface area (Å²) in [5.41, 5.74) is 0. The summed E-state index contributed by atoms with van der Waals surface area (Å²) < 4.78 is 0. The van der Waals surface area contributed by atoms with Crippen LogP contribution in [0.3, 0.4) is 0 Å². The Labute approximate surface area is 73.5 Å². The van der Waals surface area contributed by atoms with Crippen LogP contribution in [0.4, 0.5) is 0 Å². The maximum atomic E-state index is 2.63. The molecule has 1 saturated carbocycles. The molecule has 0 atom stereocenters. The van der Waals surface area contributed by atoms with Gasteiger partial charge in [-0.1, -0.05) is 12.8 Å². The van der Waals surface area contributed by atoms with Crippen LogP contribution in [0.2, 0.25) is 0 Å².